The van der Waals surface area contributed by atoms with E-state index in [1.54, 1.807) is 7.11 Å². The molecule has 1 unspecified atom stereocenters. The Hall–Kier alpha value is -1.77. The Balaban J connectivity index is 2.16. The molecule has 0 saturated carbocycles. The number of amides is 1. The lowest BCUT2D eigenvalue weighted by Crippen LogP contribution is -2.48. The van der Waals surface area contributed by atoms with Crippen LogP contribution in [-0.2, 0) is 5.41 Å². The van der Waals surface area contributed by atoms with Gasteiger partial charge in [-0.2, -0.15) is 0 Å². The standard InChI is InChI=1S/C16H19NO2/c1-17-11-16(8-4-3-5-9-16)14-10-12(19-2)6-7-13(14)15(17)18/h3-4,6-7,10H,5,8-9,11H2,1-2H3. The van der Waals surface area contributed by atoms with Gasteiger partial charge in [0.1, 0.15) is 5.75 Å². The molecule has 2 aliphatic rings. The van der Waals surface area contributed by atoms with Gasteiger partial charge in [-0.25, -0.2) is 0 Å². The van der Waals surface area contributed by atoms with Crippen LogP contribution in [0.1, 0.15) is 35.2 Å². The first kappa shape index (κ1) is 12.3. The molecule has 0 N–H and O–H groups in total. The Morgan fingerprint density at radius 1 is 1.32 bits per heavy atom. The van der Waals surface area contributed by atoms with Crippen molar-refractivity contribution in [1.82, 2.24) is 4.90 Å². The summed E-state index contributed by atoms with van der Waals surface area (Å²) in [5.41, 5.74) is 2.07. The molecule has 3 heteroatoms. The van der Waals surface area contributed by atoms with Gasteiger partial charge < -0.3 is 9.64 Å². The Morgan fingerprint density at radius 3 is 2.84 bits per heavy atom. The summed E-state index contributed by atoms with van der Waals surface area (Å²) in [7, 11) is 3.57. The molecule has 1 aliphatic carbocycles. The molecule has 1 aromatic rings. The van der Waals surface area contributed by atoms with Gasteiger partial charge in [-0.15, -0.1) is 0 Å². The highest BCUT2D eigenvalue weighted by Gasteiger charge is 2.41. The fourth-order valence-electron chi connectivity index (χ4n) is 3.37. The number of fused-ring (bicyclic) bond motifs is 2. The summed E-state index contributed by atoms with van der Waals surface area (Å²) in [6, 6.07) is 5.84. The number of likely N-dealkylation sites (N-methyl/N-ethyl adjacent to an activating group) is 1. The molecule has 0 fully saturated rings. The van der Waals surface area contributed by atoms with Gasteiger partial charge in [-0.3, -0.25) is 4.79 Å². The molecule has 1 aliphatic heterocycles. The van der Waals surface area contributed by atoms with Crippen LogP contribution in [0, 0.1) is 0 Å². The molecule has 0 saturated heterocycles. The Morgan fingerprint density at radius 2 is 2.16 bits per heavy atom. The van der Waals surface area contributed by atoms with Gasteiger partial charge in [0.05, 0.1) is 7.11 Å². The second-order valence-electron chi connectivity index (χ2n) is 5.57. The number of hydrogen-bond acceptors (Lipinski definition) is 2. The van der Waals surface area contributed by atoms with Gasteiger partial charge >= 0.3 is 0 Å². The van der Waals surface area contributed by atoms with E-state index >= 15 is 0 Å². The molecule has 19 heavy (non-hydrogen) atoms. The van der Waals surface area contributed by atoms with Crippen molar-refractivity contribution in [3.05, 3.63) is 41.5 Å². The van der Waals surface area contributed by atoms with Crippen molar-refractivity contribution in [2.24, 2.45) is 0 Å². The summed E-state index contributed by atoms with van der Waals surface area (Å²) < 4.78 is 5.33. The van der Waals surface area contributed by atoms with Crippen LogP contribution in [-0.4, -0.2) is 31.5 Å². The molecule has 1 atom stereocenters. The van der Waals surface area contributed by atoms with Gasteiger partial charge in [0.15, 0.2) is 0 Å². The minimum absolute atomic E-state index is 0.0707. The molecule has 0 aromatic heterocycles. The zero-order chi connectivity index (χ0) is 13.5. The van der Waals surface area contributed by atoms with Crippen LogP contribution in [0.4, 0.5) is 0 Å². The molecule has 1 aromatic carbocycles. The molecular weight excluding hydrogens is 238 g/mol. The van der Waals surface area contributed by atoms with Crippen molar-refractivity contribution in [2.45, 2.75) is 24.7 Å². The zero-order valence-electron chi connectivity index (χ0n) is 11.5. The van der Waals surface area contributed by atoms with E-state index in [-0.39, 0.29) is 11.3 Å². The first-order valence-corrected chi connectivity index (χ1v) is 6.75. The first-order chi connectivity index (χ1) is 9.16. The number of hydrogen-bond donors (Lipinski definition) is 0. The maximum absolute atomic E-state index is 12.3. The van der Waals surface area contributed by atoms with Crippen LogP contribution in [0.3, 0.4) is 0 Å². The number of benzene rings is 1. The van der Waals surface area contributed by atoms with Crippen LogP contribution < -0.4 is 4.74 Å². The largest absolute Gasteiger partial charge is 0.497 e. The molecule has 100 valence electrons. The van der Waals surface area contributed by atoms with Crippen LogP contribution in [0.25, 0.3) is 0 Å². The monoisotopic (exact) mass is 257 g/mol. The average molecular weight is 257 g/mol. The molecule has 1 heterocycles. The van der Waals surface area contributed by atoms with Crippen LogP contribution >= 0.6 is 0 Å². The van der Waals surface area contributed by atoms with Crippen molar-refractivity contribution in [2.75, 3.05) is 20.7 Å². The molecule has 0 bridgehead atoms. The third-order valence-electron chi connectivity index (χ3n) is 4.38. The number of ether oxygens (including phenoxy) is 1. The van der Waals surface area contributed by atoms with E-state index in [2.05, 4.69) is 18.2 Å². The summed E-state index contributed by atoms with van der Waals surface area (Å²) in [6.07, 6.45) is 7.67. The van der Waals surface area contributed by atoms with Crippen LogP contribution in [0.5, 0.6) is 5.75 Å². The number of nitrogens with zero attached hydrogens (tertiary/aromatic N) is 1. The fourth-order valence-corrected chi connectivity index (χ4v) is 3.37. The fraction of sp³-hybridized carbons (Fsp3) is 0.438. The number of rotatable bonds is 1. The van der Waals surface area contributed by atoms with E-state index in [1.165, 1.54) is 5.56 Å². The smallest absolute Gasteiger partial charge is 0.253 e. The molecular formula is C16H19NO2. The SMILES string of the molecule is COc1ccc2c(c1)C1(CC=CCC1)CN(C)C2=O. The third-order valence-corrected chi connectivity index (χ3v) is 4.38. The lowest BCUT2D eigenvalue weighted by atomic mass is 9.68. The van der Waals surface area contributed by atoms with Gasteiger partial charge in [-0.1, -0.05) is 12.2 Å². The predicted octanol–water partition coefficient (Wildman–Crippen LogP) is 2.76. The summed E-state index contributed by atoms with van der Waals surface area (Å²) >= 11 is 0. The predicted molar refractivity (Wildman–Crippen MR) is 74.6 cm³/mol. The summed E-state index contributed by atoms with van der Waals surface area (Å²) in [6.45, 7) is 0.802. The second kappa shape index (κ2) is 4.41. The number of carbonyl (C=O) groups is 1. The van der Waals surface area contributed by atoms with E-state index in [0.29, 0.717) is 0 Å². The first-order valence-electron chi connectivity index (χ1n) is 6.75. The number of allylic oxidation sites excluding steroid dienone is 2. The van der Waals surface area contributed by atoms with Crippen LogP contribution in [0.2, 0.25) is 0 Å². The van der Waals surface area contributed by atoms with Gasteiger partial charge in [0.25, 0.3) is 5.91 Å². The molecule has 3 rings (SSSR count). The minimum Gasteiger partial charge on any atom is -0.497 e. The zero-order valence-corrected chi connectivity index (χ0v) is 11.5. The normalized spacial score (nSPS) is 25.6. The highest BCUT2D eigenvalue weighted by molar-refractivity contribution is 5.97. The van der Waals surface area contributed by atoms with Crippen molar-refractivity contribution in [3.63, 3.8) is 0 Å². The van der Waals surface area contributed by atoms with E-state index in [0.717, 1.165) is 37.1 Å². The Kier molecular flexibility index (Phi) is 2.85. The van der Waals surface area contributed by atoms with Gasteiger partial charge in [0.2, 0.25) is 0 Å². The van der Waals surface area contributed by atoms with Gasteiger partial charge in [0, 0.05) is 24.6 Å². The lowest BCUT2D eigenvalue weighted by Gasteiger charge is -2.43. The maximum atomic E-state index is 12.3. The molecule has 1 amide bonds. The van der Waals surface area contributed by atoms with E-state index in [4.69, 9.17) is 4.74 Å². The number of methoxy groups -OCH3 is 1. The van der Waals surface area contributed by atoms with E-state index in [9.17, 15) is 4.79 Å². The van der Waals surface area contributed by atoms with Gasteiger partial charge in [-0.05, 0) is 43.0 Å². The molecule has 1 spiro atoms. The summed E-state index contributed by atoms with van der Waals surface area (Å²) in [5, 5.41) is 0. The number of carbonyl (C=O) groups excluding carboxylic acids is 1. The highest BCUT2D eigenvalue weighted by Crippen LogP contribution is 2.43. The van der Waals surface area contributed by atoms with Crippen molar-refractivity contribution in [1.29, 1.82) is 0 Å². The Bertz CT molecular complexity index is 550. The minimum atomic E-state index is 0.0707. The quantitative estimate of drug-likeness (QED) is 0.724. The molecule has 3 nitrogen and oxygen atoms in total. The summed E-state index contributed by atoms with van der Waals surface area (Å²) in [5.74, 6) is 0.961. The van der Waals surface area contributed by atoms with E-state index < -0.39 is 0 Å². The lowest BCUT2D eigenvalue weighted by molar-refractivity contribution is 0.0714. The third kappa shape index (κ3) is 1.84. The molecule has 0 radical (unpaired) electrons. The Labute approximate surface area is 113 Å². The highest BCUT2D eigenvalue weighted by atomic mass is 16.5. The summed E-state index contributed by atoms with van der Waals surface area (Å²) in [4.78, 5) is 14.2. The van der Waals surface area contributed by atoms with E-state index in [1.807, 2.05) is 24.1 Å². The maximum Gasteiger partial charge on any atom is 0.253 e. The average Bonchev–Trinajstić information content (AvgIpc) is 2.45. The van der Waals surface area contributed by atoms with Crippen LogP contribution in [0.15, 0.2) is 30.4 Å². The topological polar surface area (TPSA) is 29.5 Å². The van der Waals surface area contributed by atoms with Crippen molar-refractivity contribution >= 4 is 5.91 Å². The van der Waals surface area contributed by atoms with Crippen molar-refractivity contribution in [3.8, 4) is 5.75 Å². The van der Waals surface area contributed by atoms with Crippen molar-refractivity contribution < 1.29 is 9.53 Å². The second-order valence-corrected chi connectivity index (χ2v) is 5.57.